The maximum Gasteiger partial charge on any atom is 0.122 e. The molecular weight excluding hydrogens is 242 g/mol. The van der Waals surface area contributed by atoms with E-state index in [1.165, 1.54) is 11.1 Å². The van der Waals surface area contributed by atoms with Crippen LogP contribution in [0.25, 0.3) is 0 Å². The minimum atomic E-state index is -0.0830. The van der Waals surface area contributed by atoms with Crippen LogP contribution in [0.4, 0.5) is 0 Å². The lowest BCUT2D eigenvalue weighted by Crippen LogP contribution is -2.30. The third kappa shape index (κ3) is 4.30. The molecule has 0 amide bonds. The summed E-state index contributed by atoms with van der Waals surface area (Å²) in [5, 5.41) is 0. The number of thiocarbonyl (C=S) groups is 1. The number of hydrogen-bond acceptors (Lipinski definition) is 2. The molecule has 18 heavy (non-hydrogen) atoms. The van der Waals surface area contributed by atoms with Gasteiger partial charge in [0, 0.05) is 5.41 Å². The number of nitrogens with two attached hydrogens (primary N) is 1. The number of ether oxygens (including phenoxy) is 1. The van der Waals surface area contributed by atoms with Crippen LogP contribution in [0.5, 0.6) is 5.75 Å². The van der Waals surface area contributed by atoms with E-state index in [2.05, 4.69) is 45.9 Å². The Labute approximate surface area is 116 Å². The van der Waals surface area contributed by atoms with Crippen molar-refractivity contribution >= 4 is 17.2 Å². The van der Waals surface area contributed by atoms with E-state index < -0.39 is 0 Å². The van der Waals surface area contributed by atoms with Gasteiger partial charge in [-0.25, -0.2) is 0 Å². The van der Waals surface area contributed by atoms with Crippen molar-refractivity contribution in [1.29, 1.82) is 0 Å². The Morgan fingerprint density at radius 2 is 2.00 bits per heavy atom. The number of hydrogen-bond donors (Lipinski definition) is 1. The summed E-state index contributed by atoms with van der Waals surface area (Å²) < 4.78 is 5.81. The lowest BCUT2D eigenvalue weighted by molar-refractivity contribution is 0.286. The van der Waals surface area contributed by atoms with Crippen LogP contribution in [0.3, 0.4) is 0 Å². The van der Waals surface area contributed by atoms with Crippen molar-refractivity contribution in [3.63, 3.8) is 0 Å². The molecule has 0 atom stereocenters. The molecule has 0 saturated heterocycles. The van der Waals surface area contributed by atoms with E-state index in [1.54, 1.807) is 0 Å². The first-order valence-electron chi connectivity index (χ1n) is 6.33. The minimum absolute atomic E-state index is 0.0830. The van der Waals surface area contributed by atoms with Gasteiger partial charge in [-0.05, 0) is 43.9 Å². The predicted octanol–water partition coefficient (Wildman–Crippen LogP) is 3.77. The van der Waals surface area contributed by atoms with E-state index in [9.17, 15) is 0 Å². The van der Waals surface area contributed by atoms with Gasteiger partial charge in [0.25, 0.3) is 0 Å². The van der Waals surface area contributed by atoms with Crippen molar-refractivity contribution in [3.05, 3.63) is 29.3 Å². The molecular formula is C15H23NOS. The fraction of sp³-hybridized carbons (Fsp3) is 0.533. The van der Waals surface area contributed by atoms with E-state index in [1.807, 2.05) is 0 Å². The van der Waals surface area contributed by atoms with Crippen LogP contribution in [-0.2, 0) is 0 Å². The summed E-state index contributed by atoms with van der Waals surface area (Å²) in [5.41, 5.74) is 8.01. The molecule has 1 aromatic rings. The molecule has 0 spiro atoms. The Morgan fingerprint density at radius 1 is 1.33 bits per heavy atom. The first-order chi connectivity index (χ1) is 8.33. The van der Waals surface area contributed by atoms with Gasteiger partial charge in [-0.2, -0.15) is 0 Å². The van der Waals surface area contributed by atoms with Crippen molar-refractivity contribution < 1.29 is 4.74 Å². The highest BCUT2D eigenvalue weighted by atomic mass is 32.1. The van der Waals surface area contributed by atoms with E-state index in [4.69, 9.17) is 22.7 Å². The first-order valence-corrected chi connectivity index (χ1v) is 6.74. The highest BCUT2D eigenvalue weighted by Crippen LogP contribution is 2.24. The topological polar surface area (TPSA) is 35.2 Å². The summed E-state index contributed by atoms with van der Waals surface area (Å²) in [6.45, 7) is 8.99. The maximum absolute atomic E-state index is 5.81. The first kappa shape index (κ1) is 15.0. The van der Waals surface area contributed by atoms with Crippen LogP contribution in [-0.4, -0.2) is 11.6 Å². The zero-order valence-corrected chi connectivity index (χ0v) is 12.6. The van der Waals surface area contributed by atoms with Gasteiger partial charge in [-0.1, -0.05) is 38.2 Å². The second-order valence-electron chi connectivity index (χ2n) is 5.47. The Hall–Kier alpha value is -1.09. The molecule has 2 nitrogen and oxygen atoms in total. The molecule has 3 heteroatoms. The van der Waals surface area contributed by atoms with Gasteiger partial charge in [0.15, 0.2) is 0 Å². The second-order valence-corrected chi connectivity index (χ2v) is 5.91. The highest BCUT2D eigenvalue weighted by Gasteiger charge is 2.20. The fourth-order valence-electron chi connectivity index (χ4n) is 1.68. The Morgan fingerprint density at radius 3 is 2.61 bits per heavy atom. The van der Waals surface area contributed by atoms with Gasteiger partial charge < -0.3 is 10.5 Å². The largest absolute Gasteiger partial charge is 0.493 e. The van der Waals surface area contributed by atoms with Gasteiger partial charge in [0.05, 0.1) is 11.6 Å². The van der Waals surface area contributed by atoms with E-state index in [0.29, 0.717) is 11.6 Å². The van der Waals surface area contributed by atoms with Crippen molar-refractivity contribution in [2.24, 2.45) is 11.1 Å². The summed E-state index contributed by atoms with van der Waals surface area (Å²) in [7, 11) is 0. The van der Waals surface area contributed by atoms with Gasteiger partial charge in [-0.3, -0.25) is 0 Å². The predicted molar refractivity (Wildman–Crippen MR) is 81.2 cm³/mol. The summed E-state index contributed by atoms with van der Waals surface area (Å²) >= 11 is 5.05. The summed E-state index contributed by atoms with van der Waals surface area (Å²) in [5.74, 6) is 0.975. The van der Waals surface area contributed by atoms with Crippen LogP contribution in [0.2, 0.25) is 0 Å². The zero-order chi connectivity index (χ0) is 13.8. The second kappa shape index (κ2) is 6.19. The molecule has 0 aromatic heterocycles. The third-order valence-electron chi connectivity index (χ3n) is 3.21. The Kier molecular flexibility index (Phi) is 5.15. The van der Waals surface area contributed by atoms with Gasteiger partial charge in [0.1, 0.15) is 5.75 Å². The smallest absolute Gasteiger partial charge is 0.122 e. The molecule has 100 valence electrons. The maximum atomic E-state index is 5.81. The van der Waals surface area contributed by atoms with Crippen molar-refractivity contribution in [1.82, 2.24) is 0 Å². The van der Waals surface area contributed by atoms with Gasteiger partial charge in [0.2, 0.25) is 0 Å². The SMILES string of the molecule is Cc1ccc(C)c(OCCCC(C)(C)C(N)=S)c1. The average Bonchev–Trinajstić information content (AvgIpc) is 2.28. The highest BCUT2D eigenvalue weighted by molar-refractivity contribution is 7.80. The molecule has 0 saturated carbocycles. The molecule has 0 unspecified atom stereocenters. The van der Waals surface area contributed by atoms with Gasteiger partial charge in [-0.15, -0.1) is 0 Å². The lowest BCUT2D eigenvalue weighted by atomic mass is 9.88. The van der Waals surface area contributed by atoms with E-state index in [0.717, 1.165) is 18.6 Å². The summed E-state index contributed by atoms with van der Waals surface area (Å²) in [6, 6.07) is 6.26. The molecule has 0 heterocycles. The van der Waals surface area contributed by atoms with Crippen LogP contribution in [0.1, 0.15) is 37.8 Å². The fourth-order valence-corrected chi connectivity index (χ4v) is 1.78. The Balaban J connectivity index is 2.43. The van der Waals surface area contributed by atoms with E-state index in [-0.39, 0.29) is 5.41 Å². The number of rotatable bonds is 6. The zero-order valence-electron chi connectivity index (χ0n) is 11.7. The molecule has 0 aliphatic rings. The van der Waals surface area contributed by atoms with Crippen molar-refractivity contribution in [2.75, 3.05) is 6.61 Å². The lowest BCUT2D eigenvalue weighted by Gasteiger charge is -2.22. The van der Waals surface area contributed by atoms with Crippen molar-refractivity contribution in [2.45, 2.75) is 40.5 Å². The minimum Gasteiger partial charge on any atom is -0.493 e. The number of benzene rings is 1. The molecule has 0 fully saturated rings. The third-order valence-corrected chi connectivity index (χ3v) is 3.77. The molecule has 2 N–H and O–H groups in total. The molecule has 0 bridgehead atoms. The van der Waals surface area contributed by atoms with Crippen LogP contribution < -0.4 is 10.5 Å². The van der Waals surface area contributed by atoms with Gasteiger partial charge >= 0.3 is 0 Å². The van der Waals surface area contributed by atoms with E-state index >= 15 is 0 Å². The van der Waals surface area contributed by atoms with Crippen molar-refractivity contribution in [3.8, 4) is 5.75 Å². The number of aryl methyl sites for hydroxylation is 2. The summed E-state index contributed by atoms with van der Waals surface area (Å²) in [6.07, 6.45) is 1.91. The summed E-state index contributed by atoms with van der Waals surface area (Å²) in [4.78, 5) is 0.578. The molecule has 1 rings (SSSR count). The normalized spacial score (nSPS) is 11.3. The quantitative estimate of drug-likeness (QED) is 0.628. The van der Waals surface area contributed by atoms with Crippen LogP contribution >= 0.6 is 12.2 Å². The molecule has 0 aliphatic heterocycles. The van der Waals surface area contributed by atoms with Crippen LogP contribution in [0, 0.1) is 19.3 Å². The monoisotopic (exact) mass is 265 g/mol. The molecule has 0 radical (unpaired) electrons. The molecule has 0 aliphatic carbocycles. The van der Waals surface area contributed by atoms with Crippen LogP contribution in [0.15, 0.2) is 18.2 Å². The molecule has 1 aromatic carbocycles. The Bertz CT molecular complexity index is 427. The average molecular weight is 265 g/mol. The standard InChI is InChI=1S/C15H23NOS/c1-11-6-7-12(2)13(10-11)17-9-5-8-15(3,4)14(16)18/h6-7,10H,5,8-9H2,1-4H3,(H2,16,18).